The van der Waals surface area contributed by atoms with E-state index in [-0.39, 0.29) is 18.0 Å². The van der Waals surface area contributed by atoms with Crippen LogP contribution in [0.4, 0.5) is 0 Å². The summed E-state index contributed by atoms with van der Waals surface area (Å²) in [6, 6.07) is 0.450. The highest BCUT2D eigenvalue weighted by atomic mass is 16.5. The van der Waals surface area contributed by atoms with Crippen molar-refractivity contribution in [2.45, 2.75) is 57.6 Å². The average Bonchev–Trinajstić information content (AvgIpc) is 2.34. The number of hydrogen-bond donors (Lipinski definition) is 2. The smallest absolute Gasteiger partial charge is 0.308 e. The first-order valence-electron chi connectivity index (χ1n) is 7.27. The number of rotatable bonds is 5. The number of nitrogens with one attached hydrogen (secondary N) is 1. The Kier molecular flexibility index (Phi) is 5.01. The molecule has 0 aromatic carbocycles. The fraction of sp³-hybridized carbons (Fsp3) is 0.929. The molecule has 0 bridgehead atoms. The van der Waals surface area contributed by atoms with E-state index >= 15 is 0 Å². The molecule has 18 heavy (non-hydrogen) atoms. The minimum absolute atomic E-state index is 0.0249. The van der Waals surface area contributed by atoms with E-state index in [4.69, 9.17) is 4.74 Å². The molecule has 2 unspecified atom stereocenters. The normalized spacial score (nSPS) is 35.9. The minimum atomic E-state index is -0.0737. The van der Waals surface area contributed by atoms with E-state index in [0.717, 1.165) is 45.1 Å². The van der Waals surface area contributed by atoms with E-state index < -0.39 is 0 Å². The van der Waals surface area contributed by atoms with Crippen LogP contribution in [0.1, 0.15) is 45.4 Å². The highest BCUT2D eigenvalue weighted by Gasteiger charge is 2.30. The first-order valence-corrected chi connectivity index (χ1v) is 7.27. The molecular weight excluding hydrogens is 230 g/mol. The van der Waals surface area contributed by atoms with Gasteiger partial charge in [0.15, 0.2) is 0 Å². The number of aliphatic hydroxyl groups excluding tert-OH is 1. The van der Waals surface area contributed by atoms with Gasteiger partial charge in [0.25, 0.3) is 0 Å². The largest absolute Gasteiger partial charge is 0.466 e. The van der Waals surface area contributed by atoms with Crippen molar-refractivity contribution < 1.29 is 14.6 Å². The molecular formula is C14H25NO3. The summed E-state index contributed by atoms with van der Waals surface area (Å²) in [7, 11) is 0. The first kappa shape index (κ1) is 13.8. The second kappa shape index (κ2) is 6.53. The molecule has 2 rings (SSSR count). The van der Waals surface area contributed by atoms with Crippen molar-refractivity contribution in [2.75, 3.05) is 13.2 Å². The molecule has 0 aromatic rings. The maximum atomic E-state index is 11.7. The van der Waals surface area contributed by atoms with Gasteiger partial charge < -0.3 is 15.2 Å². The predicted octanol–water partition coefficient (Wildman–Crippen LogP) is 1.47. The molecule has 4 nitrogen and oxygen atoms in total. The monoisotopic (exact) mass is 255 g/mol. The van der Waals surface area contributed by atoms with Crippen molar-refractivity contribution in [3.8, 4) is 0 Å². The van der Waals surface area contributed by atoms with Gasteiger partial charge in [-0.3, -0.25) is 4.79 Å². The van der Waals surface area contributed by atoms with Gasteiger partial charge in [-0.05, 0) is 51.5 Å². The van der Waals surface area contributed by atoms with Crippen LogP contribution >= 0.6 is 0 Å². The Bertz CT molecular complexity index is 276. The Labute approximate surface area is 109 Å². The van der Waals surface area contributed by atoms with Crippen molar-refractivity contribution in [1.82, 2.24) is 5.32 Å². The fourth-order valence-corrected chi connectivity index (χ4v) is 3.05. The zero-order chi connectivity index (χ0) is 13.0. The molecule has 104 valence electrons. The fourth-order valence-electron chi connectivity index (χ4n) is 3.05. The van der Waals surface area contributed by atoms with Gasteiger partial charge in [0.05, 0.1) is 18.6 Å². The topological polar surface area (TPSA) is 58.6 Å². The Morgan fingerprint density at radius 2 is 2.11 bits per heavy atom. The summed E-state index contributed by atoms with van der Waals surface area (Å²) in [4.78, 5) is 11.7. The maximum absolute atomic E-state index is 11.7. The van der Waals surface area contributed by atoms with Gasteiger partial charge in [0.1, 0.15) is 0 Å². The Balaban J connectivity index is 1.68. The molecule has 2 atom stereocenters. The second-order valence-corrected chi connectivity index (χ2v) is 5.71. The third-order valence-electron chi connectivity index (χ3n) is 4.20. The zero-order valence-corrected chi connectivity index (χ0v) is 11.2. The number of esters is 1. The molecule has 0 saturated heterocycles. The van der Waals surface area contributed by atoms with Crippen molar-refractivity contribution in [3.05, 3.63) is 0 Å². The van der Waals surface area contributed by atoms with Crippen LogP contribution in [0.2, 0.25) is 0 Å². The quantitative estimate of drug-likeness (QED) is 0.730. The van der Waals surface area contributed by atoms with Gasteiger partial charge in [-0.1, -0.05) is 6.42 Å². The third kappa shape index (κ3) is 3.69. The van der Waals surface area contributed by atoms with Crippen LogP contribution in [-0.2, 0) is 9.53 Å². The number of carbonyl (C=O) groups is 1. The van der Waals surface area contributed by atoms with E-state index in [2.05, 4.69) is 5.32 Å². The molecule has 2 N–H and O–H groups in total. The van der Waals surface area contributed by atoms with Gasteiger partial charge >= 0.3 is 5.97 Å². The van der Waals surface area contributed by atoms with Crippen LogP contribution in [0, 0.1) is 11.8 Å². The second-order valence-electron chi connectivity index (χ2n) is 5.71. The molecule has 2 fully saturated rings. The van der Waals surface area contributed by atoms with Gasteiger partial charge in [0, 0.05) is 6.04 Å². The van der Waals surface area contributed by atoms with Crippen molar-refractivity contribution in [1.29, 1.82) is 0 Å². The highest BCUT2D eigenvalue weighted by Crippen LogP contribution is 2.28. The molecule has 0 amide bonds. The van der Waals surface area contributed by atoms with Crippen LogP contribution in [0.15, 0.2) is 0 Å². The zero-order valence-electron chi connectivity index (χ0n) is 11.2. The van der Waals surface area contributed by atoms with Crippen LogP contribution in [0.25, 0.3) is 0 Å². The summed E-state index contributed by atoms with van der Waals surface area (Å²) >= 11 is 0. The SMILES string of the molecule is CCOC(=O)C1CCCC(NCC2CC(O)C2)C1. The van der Waals surface area contributed by atoms with Crippen LogP contribution < -0.4 is 5.32 Å². The molecule has 0 heterocycles. The van der Waals surface area contributed by atoms with E-state index in [0.29, 0.717) is 18.6 Å². The van der Waals surface area contributed by atoms with Crippen molar-refractivity contribution >= 4 is 5.97 Å². The van der Waals surface area contributed by atoms with Gasteiger partial charge in [-0.15, -0.1) is 0 Å². The van der Waals surface area contributed by atoms with Crippen LogP contribution in [0.3, 0.4) is 0 Å². The summed E-state index contributed by atoms with van der Waals surface area (Å²) in [6.45, 7) is 3.32. The molecule has 2 aliphatic rings. The lowest BCUT2D eigenvalue weighted by molar-refractivity contribution is -0.149. The van der Waals surface area contributed by atoms with Gasteiger partial charge in [-0.25, -0.2) is 0 Å². The third-order valence-corrected chi connectivity index (χ3v) is 4.20. The lowest BCUT2D eigenvalue weighted by Gasteiger charge is -2.35. The summed E-state index contributed by atoms with van der Waals surface area (Å²) in [6.07, 6.45) is 5.94. The Morgan fingerprint density at radius 1 is 1.33 bits per heavy atom. The summed E-state index contributed by atoms with van der Waals surface area (Å²) in [5.74, 6) is 0.689. The molecule has 0 radical (unpaired) electrons. The number of carbonyl (C=O) groups excluding carboxylic acids is 1. The number of hydrogen-bond acceptors (Lipinski definition) is 4. The molecule has 0 aromatic heterocycles. The maximum Gasteiger partial charge on any atom is 0.308 e. The lowest BCUT2D eigenvalue weighted by atomic mass is 9.81. The van der Waals surface area contributed by atoms with E-state index in [1.165, 1.54) is 0 Å². The molecule has 4 heteroatoms. The minimum Gasteiger partial charge on any atom is -0.466 e. The lowest BCUT2D eigenvalue weighted by Crippen LogP contribution is -2.43. The van der Waals surface area contributed by atoms with Gasteiger partial charge in [-0.2, -0.15) is 0 Å². The summed E-state index contributed by atoms with van der Waals surface area (Å²) in [5.41, 5.74) is 0. The highest BCUT2D eigenvalue weighted by molar-refractivity contribution is 5.72. The molecule has 2 aliphatic carbocycles. The van der Waals surface area contributed by atoms with Crippen LogP contribution in [-0.4, -0.2) is 36.4 Å². The predicted molar refractivity (Wildman–Crippen MR) is 69.1 cm³/mol. The van der Waals surface area contributed by atoms with Crippen molar-refractivity contribution in [3.63, 3.8) is 0 Å². The molecule has 0 aliphatic heterocycles. The first-order chi connectivity index (χ1) is 8.69. The Morgan fingerprint density at radius 3 is 2.78 bits per heavy atom. The molecule has 0 spiro atoms. The summed E-state index contributed by atoms with van der Waals surface area (Å²) < 4.78 is 5.10. The van der Waals surface area contributed by atoms with E-state index in [1.807, 2.05) is 6.92 Å². The van der Waals surface area contributed by atoms with E-state index in [1.54, 1.807) is 0 Å². The van der Waals surface area contributed by atoms with Crippen LogP contribution in [0.5, 0.6) is 0 Å². The summed E-state index contributed by atoms with van der Waals surface area (Å²) in [5, 5.41) is 12.8. The van der Waals surface area contributed by atoms with Gasteiger partial charge in [0.2, 0.25) is 0 Å². The Hall–Kier alpha value is -0.610. The van der Waals surface area contributed by atoms with Crippen molar-refractivity contribution in [2.24, 2.45) is 11.8 Å². The average molecular weight is 255 g/mol. The van der Waals surface area contributed by atoms with E-state index in [9.17, 15) is 9.90 Å². The number of ether oxygens (including phenoxy) is 1. The number of aliphatic hydroxyl groups is 1. The standard InChI is InChI=1S/C14H25NO3/c1-2-18-14(17)11-4-3-5-12(8-11)15-9-10-6-13(16)7-10/h10-13,15-16H,2-9H2,1H3. The molecule has 2 saturated carbocycles.